The van der Waals surface area contributed by atoms with Crippen LogP contribution in [0.15, 0.2) is 18.2 Å². The van der Waals surface area contributed by atoms with Crippen molar-refractivity contribution in [2.75, 3.05) is 25.0 Å². The molecule has 108 valence electrons. The molecule has 4 nitrogen and oxygen atoms in total. The van der Waals surface area contributed by atoms with Crippen LogP contribution in [0.4, 0.5) is 5.69 Å². The van der Waals surface area contributed by atoms with E-state index in [0.29, 0.717) is 6.04 Å². The molecule has 0 aliphatic carbocycles. The molecule has 1 amide bonds. The molecule has 0 unspecified atom stereocenters. The van der Waals surface area contributed by atoms with E-state index in [-0.39, 0.29) is 5.91 Å². The molecule has 0 spiro atoms. The summed E-state index contributed by atoms with van der Waals surface area (Å²) in [4.78, 5) is 13.5. The largest absolute Gasteiger partial charge is 0.380 e. The minimum Gasteiger partial charge on any atom is -0.380 e. The van der Waals surface area contributed by atoms with Crippen molar-refractivity contribution in [3.63, 3.8) is 0 Å². The van der Waals surface area contributed by atoms with Crippen LogP contribution in [0.3, 0.4) is 0 Å². The van der Waals surface area contributed by atoms with Crippen LogP contribution in [0.1, 0.15) is 30.9 Å². The zero-order chi connectivity index (χ0) is 13.9. The molecule has 1 aromatic rings. The molecule has 2 aliphatic heterocycles. The van der Waals surface area contributed by atoms with Gasteiger partial charge in [0, 0.05) is 38.3 Å². The summed E-state index contributed by atoms with van der Waals surface area (Å²) in [5, 5.41) is 7.10. The number of benzene rings is 1. The standard InChI is InChI=1S/C16H23N3O/c1-12(20)19-9-3-5-14(11-19)18-16-6-2-4-13-7-8-17-10-15(13)16/h2,4,6,14,17-18H,3,5,7-11H2,1H3/t14-/m0/s1. The Labute approximate surface area is 120 Å². The predicted octanol–water partition coefficient (Wildman–Crippen LogP) is 1.76. The molecule has 1 atom stereocenters. The van der Waals surface area contributed by atoms with Crippen molar-refractivity contribution in [3.8, 4) is 0 Å². The van der Waals surface area contributed by atoms with E-state index < -0.39 is 0 Å². The van der Waals surface area contributed by atoms with Crippen LogP contribution < -0.4 is 10.6 Å². The number of amides is 1. The molecule has 0 bridgehead atoms. The van der Waals surface area contributed by atoms with Crippen molar-refractivity contribution in [3.05, 3.63) is 29.3 Å². The second kappa shape index (κ2) is 5.83. The van der Waals surface area contributed by atoms with Crippen molar-refractivity contribution in [2.45, 2.75) is 38.8 Å². The number of nitrogens with one attached hydrogen (secondary N) is 2. The molecule has 0 aromatic heterocycles. The van der Waals surface area contributed by atoms with Crippen molar-refractivity contribution in [1.82, 2.24) is 10.2 Å². The normalized spacial score (nSPS) is 22.2. The summed E-state index contributed by atoms with van der Waals surface area (Å²) in [6, 6.07) is 6.90. The Balaban J connectivity index is 1.73. The highest BCUT2D eigenvalue weighted by Crippen LogP contribution is 2.25. The number of nitrogens with zero attached hydrogens (tertiary/aromatic N) is 1. The minimum atomic E-state index is 0.188. The monoisotopic (exact) mass is 273 g/mol. The Hall–Kier alpha value is -1.55. The van der Waals surface area contributed by atoms with E-state index >= 15 is 0 Å². The van der Waals surface area contributed by atoms with Crippen molar-refractivity contribution < 1.29 is 4.79 Å². The highest BCUT2D eigenvalue weighted by atomic mass is 16.2. The average Bonchev–Trinajstić information content (AvgIpc) is 2.48. The fraction of sp³-hybridized carbons (Fsp3) is 0.562. The Morgan fingerprint density at radius 2 is 2.35 bits per heavy atom. The van der Waals surface area contributed by atoms with Gasteiger partial charge < -0.3 is 15.5 Å². The number of anilines is 1. The topological polar surface area (TPSA) is 44.4 Å². The SMILES string of the molecule is CC(=O)N1CCC[C@H](Nc2cccc3c2CNCC3)C1. The van der Waals surface area contributed by atoms with Crippen LogP contribution in [0.5, 0.6) is 0 Å². The van der Waals surface area contributed by atoms with Gasteiger partial charge in [0.05, 0.1) is 0 Å². The van der Waals surface area contributed by atoms with Crippen molar-refractivity contribution >= 4 is 11.6 Å². The van der Waals surface area contributed by atoms with E-state index in [1.54, 1.807) is 6.92 Å². The first kappa shape index (κ1) is 13.4. The number of hydrogen-bond donors (Lipinski definition) is 2. The number of hydrogen-bond acceptors (Lipinski definition) is 3. The molecule has 1 aromatic carbocycles. The first-order valence-corrected chi connectivity index (χ1v) is 7.57. The summed E-state index contributed by atoms with van der Waals surface area (Å²) in [5.41, 5.74) is 4.09. The second-order valence-electron chi connectivity index (χ2n) is 5.82. The zero-order valence-corrected chi connectivity index (χ0v) is 12.1. The summed E-state index contributed by atoms with van der Waals surface area (Å²) in [7, 11) is 0. The number of likely N-dealkylation sites (tertiary alicyclic amines) is 1. The van der Waals surface area contributed by atoms with Crippen LogP contribution in [-0.2, 0) is 17.8 Å². The van der Waals surface area contributed by atoms with Gasteiger partial charge in [-0.15, -0.1) is 0 Å². The lowest BCUT2D eigenvalue weighted by atomic mass is 9.98. The van der Waals surface area contributed by atoms with Gasteiger partial charge in [-0.1, -0.05) is 12.1 Å². The molecule has 3 rings (SSSR count). The maximum absolute atomic E-state index is 11.5. The van der Waals surface area contributed by atoms with Gasteiger partial charge in [-0.3, -0.25) is 4.79 Å². The van der Waals surface area contributed by atoms with Gasteiger partial charge in [0.1, 0.15) is 0 Å². The van der Waals surface area contributed by atoms with Gasteiger partial charge >= 0.3 is 0 Å². The lowest BCUT2D eigenvalue weighted by Gasteiger charge is -2.34. The fourth-order valence-corrected chi connectivity index (χ4v) is 3.25. The number of rotatable bonds is 2. The van der Waals surface area contributed by atoms with Crippen LogP contribution in [0.25, 0.3) is 0 Å². The molecule has 0 radical (unpaired) electrons. The molecule has 1 saturated heterocycles. The lowest BCUT2D eigenvalue weighted by molar-refractivity contribution is -0.129. The maximum Gasteiger partial charge on any atom is 0.219 e. The van der Waals surface area contributed by atoms with Crippen LogP contribution in [0, 0.1) is 0 Å². The highest BCUT2D eigenvalue weighted by molar-refractivity contribution is 5.73. The van der Waals surface area contributed by atoms with E-state index in [4.69, 9.17) is 0 Å². The van der Waals surface area contributed by atoms with Gasteiger partial charge in [-0.2, -0.15) is 0 Å². The Morgan fingerprint density at radius 3 is 3.20 bits per heavy atom. The van der Waals surface area contributed by atoms with Crippen molar-refractivity contribution in [1.29, 1.82) is 0 Å². The van der Waals surface area contributed by atoms with E-state index in [1.807, 2.05) is 4.90 Å². The van der Waals surface area contributed by atoms with E-state index in [9.17, 15) is 4.79 Å². The maximum atomic E-state index is 11.5. The second-order valence-corrected chi connectivity index (χ2v) is 5.82. The van der Waals surface area contributed by atoms with E-state index in [0.717, 1.165) is 45.4 Å². The molecule has 1 fully saturated rings. The third-order valence-electron chi connectivity index (χ3n) is 4.37. The minimum absolute atomic E-state index is 0.188. The van der Waals surface area contributed by atoms with Gasteiger partial charge in [-0.25, -0.2) is 0 Å². The van der Waals surface area contributed by atoms with E-state index in [2.05, 4.69) is 28.8 Å². The Bertz CT molecular complexity index is 500. The first-order valence-electron chi connectivity index (χ1n) is 7.57. The lowest BCUT2D eigenvalue weighted by Crippen LogP contribution is -2.44. The van der Waals surface area contributed by atoms with Crippen LogP contribution in [-0.4, -0.2) is 36.5 Å². The van der Waals surface area contributed by atoms with Gasteiger partial charge in [0.2, 0.25) is 5.91 Å². The number of carbonyl (C=O) groups excluding carboxylic acids is 1. The number of carbonyl (C=O) groups is 1. The smallest absolute Gasteiger partial charge is 0.219 e. The van der Waals surface area contributed by atoms with E-state index in [1.165, 1.54) is 16.8 Å². The molecule has 20 heavy (non-hydrogen) atoms. The average molecular weight is 273 g/mol. The third kappa shape index (κ3) is 2.80. The van der Waals surface area contributed by atoms with Crippen LogP contribution >= 0.6 is 0 Å². The predicted molar refractivity (Wildman–Crippen MR) is 80.8 cm³/mol. The number of piperidine rings is 1. The molecule has 2 heterocycles. The summed E-state index contributed by atoms with van der Waals surface area (Å²) in [6.07, 6.45) is 3.33. The quantitative estimate of drug-likeness (QED) is 0.863. The summed E-state index contributed by atoms with van der Waals surface area (Å²) in [5.74, 6) is 0.188. The summed E-state index contributed by atoms with van der Waals surface area (Å²) >= 11 is 0. The summed E-state index contributed by atoms with van der Waals surface area (Å²) < 4.78 is 0. The molecule has 0 saturated carbocycles. The molecular formula is C16H23N3O. The summed E-state index contributed by atoms with van der Waals surface area (Å²) in [6.45, 7) is 5.41. The molecule has 2 aliphatic rings. The van der Waals surface area contributed by atoms with Gasteiger partial charge in [0.15, 0.2) is 0 Å². The molecule has 2 N–H and O–H groups in total. The van der Waals surface area contributed by atoms with Crippen molar-refractivity contribution in [2.24, 2.45) is 0 Å². The molecule has 4 heteroatoms. The zero-order valence-electron chi connectivity index (χ0n) is 12.1. The van der Waals surface area contributed by atoms with Crippen LogP contribution in [0.2, 0.25) is 0 Å². The Morgan fingerprint density at radius 1 is 1.45 bits per heavy atom. The van der Waals surface area contributed by atoms with Gasteiger partial charge in [0.25, 0.3) is 0 Å². The highest BCUT2D eigenvalue weighted by Gasteiger charge is 2.22. The molecular weight excluding hydrogens is 250 g/mol. The number of fused-ring (bicyclic) bond motifs is 1. The van der Waals surface area contributed by atoms with Gasteiger partial charge in [-0.05, 0) is 43.0 Å². The first-order chi connectivity index (χ1) is 9.74. The third-order valence-corrected chi connectivity index (χ3v) is 4.37. The Kier molecular flexibility index (Phi) is 3.92. The fourth-order valence-electron chi connectivity index (χ4n) is 3.25.